The molecule has 0 atom stereocenters. The fraction of sp³-hybridized carbons (Fsp3) is 0.864. The summed E-state index contributed by atoms with van der Waals surface area (Å²) in [6.07, 6.45) is 50.9. The molecule has 5 heteroatoms. The maximum atomic E-state index is 11.5. The molecule has 2 saturated heterocycles. The molecule has 2 fully saturated rings. The van der Waals surface area contributed by atoms with Crippen molar-refractivity contribution in [1.29, 1.82) is 0 Å². The van der Waals surface area contributed by atoms with Crippen LogP contribution in [0.2, 0.25) is 0 Å². The van der Waals surface area contributed by atoms with E-state index in [-0.39, 0.29) is 5.97 Å². The van der Waals surface area contributed by atoms with Crippen molar-refractivity contribution < 1.29 is 14.3 Å². The molecule has 0 bridgehead atoms. The maximum Gasteiger partial charge on any atom is 0.305 e. The van der Waals surface area contributed by atoms with E-state index in [0.717, 1.165) is 38.9 Å². The first kappa shape index (κ1) is 47.4. The van der Waals surface area contributed by atoms with Gasteiger partial charge in [0.2, 0.25) is 5.91 Å². The molecular formula is C44H84N2O3. The van der Waals surface area contributed by atoms with Gasteiger partial charge in [-0.2, -0.15) is 0 Å². The lowest BCUT2D eigenvalue weighted by Gasteiger charge is -2.14. The van der Waals surface area contributed by atoms with Gasteiger partial charge in [0, 0.05) is 25.9 Å². The minimum absolute atomic E-state index is 0.0463. The average molecular weight is 689 g/mol. The van der Waals surface area contributed by atoms with Crippen molar-refractivity contribution in [2.45, 2.75) is 219 Å². The number of cyclic esters (lactones) is 1. The summed E-state index contributed by atoms with van der Waals surface area (Å²) < 4.78 is 4.51. The first-order valence-corrected chi connectivity index (χ1v) is 21.6. The van der Waals surface area contributed by atoms with Crippen LogP contribution in [0.15, 0.2) is 24.3 Å². The Hall–Kier alpha value is -1.62. The molecule has 0 aromatic carbocycles. The quantitative estimate of drug-likeness (QED) is 0.0447. The molecule has 1 amide bonds. The summed E-state index contributed by atoms with van der Waals surface area (Å²) in [6.45, 7) is 8.06. The molecule has 288 valence electrons. The van der Waals surface area contributed by atoms with Gasteiger partial charge in [0.05, 0.1) is 6.61 Å². The Morgan fingerprint density at radius 2 is 0.939 bits per heavy atom. The van der Waals surface area contributed by atoms with E-state index >= 15 is 0 Å². The highest BCUT2D eigenvalue weighted by atomic mass is 16.5. The van der Waals surface area contributed by atoms with Gasteiger partial charge in [-0.05, 0) is 83.6 Å². The number of unbranched alkanes of at least 4 members (excludes halogenated alkanes) is 24. The van der Waals surface area contributed by atoms with Crippen LogP contribution in [0.5, 0.6) is 0 Å². The Morgan fingerprint density at radius 1 is 0.531 bits per heavy atom. The van der Waals surface area contributed by atoms with Crippen LogP contribution >= 0.6 is 0 Å². The number of carbonyl (C=O) groups excluding carboxylic acids is 2. The topological polar surface area (TPSA) is 72.6 Å². The second-order valence-corrected chi connectivity index (χ2v) is 14.5. The van der Waals surface area contributed by atoms with Crippen molar-refractivity contribution in [3.8, 4) is 0 Å². The van der Waals surface area contributed by atoms with Crippen molar-refractivity contribution >= 4 is 11.9 Å². The number of allylic oxidation sites excluding steroid dienone is 4. The largest absolute Gasteiger partial charge is 0.466 e. The highest BCUT2D eigenvalue weighted by Gasteiger charge is 2.18. The van der Waals surface area contributed by atoms with Crippen LogP contribution in [0.25, 0.3) is 0 Å². The van der Waals surface area contributed by atoms with E-state index in [1.165, 1.54) is 180 Å². The van der Waals surface area contributed by atoms with E-state index in [1.807, 2.05) is 0 Å². The molecule has 0 aromatic heterocycles. The van der Waals surface area contributed by atoms with Gasteiger partial charge in [-0.15, -0.1) is 0 Å². The number of nitrogens with zero attached hydrogens (tertiary/aromatic N) is 1. The molecule has 2 rings (SSSR count). The van der Waals surface area contributed by atoms with Gasteiger partial charge in [0.15, 0.2) is 0 Å². The summed E-state index contributed by atoms with van der Waals surface area (Å²) >= 11 is 0. The van der Waals surface area contributed by atoms with Crippen molar-refractivity contribution in [2.75, 3.05) is 26.2 Å². The summed E-state index contributed by atoms with van der Waals surface area (Å²) in [7, 11) is 0. The van der Waals surface area contributed by atoms with Gasteiger partial charge in [0.1, 0.15) is 0 Å². The monoisotopic (exact) mass is 689 g/mol. The van der Waals surface area contributed by atoms with Crippen LogP contribution in [-0.2, 0) is 14.3 Å². The van der Waals surface area contributed by atoms with E-state index in [2.05, 4.69) is 47.8 Å². The highest BCUT2D eigenvalue weighted by molar-refractivity contribution is 5.78. The number of esters is 1. The molecule has 0 unspecified atom stereocenters. The van der Waals surface area contributed by atoms with Gasteiger partial charge in [0.25, 0.3) is 0 Å². The first-order chi connectivity index (χ1) is 24.2. The minimum atomic E-state index is -0.0463. The number of hydrogen-bond acceptors (Lipinski definition) is 4. The lowest BCUT2D eigenvalue weighted by molar-refractivity contribution is -0.138. The SMILES string of the molecule is CCCCCCCC/C=C/CCCCCCCCN.CCCCCCCC/C=C/CCCCCCCCN1CCCC1=O.O=C1CCCO1. The smallest absolute Gasteiger partial charge is 0.305 e. The fourth-order valence-electron chi connectivity index (χ4n) is 6.36. The van der Waals surface area contributed by atoms with E-state index in [1.54, 1.807) is 0 Å². The standard InChI is InChI=1S/C22H41NO.C18H37N.C4H6O2/c1-2-3-4-5-6-7-8-9-10-11-12-13-14-15-16-17-20-23-21-18-19-22(23)24;1-2-3-4-5-6-7-8-9-10-11-12-13-14-15-16-17-18-19;5-4-2-1-3-6-4/h9-10H,2-8,11-21H2,1H3;9-10H,2-8,11-19H2,1H3;1-3H2/b2*10-9+;. The van der Waals surface area contributed by atoms with Crippen LogP contribution in [0.4, 0.5) is 0 Å². The third-order valence-corrected chi connectivity index (χ3v) is 9.62. The maximum absolute atomic E-state index is 11.5. The van der Waals surface area contributed by atoms with Crippen molar-refractivity contribution in [2.24, 2.45) is 5.73 Å². The summed E-state index contributed by atoms with van der Waals surface area (Å²) in [4.78, 5) is 23.6. The molecule has 2 aliphatic rings. The Labute approximate surface area is 306 Å². The third-order valence-electron chi connectivity index (χ3n) is 9.62. The second kappa shape index (κ2) is 40.8. The zero-order valence-electron chi connectivity index (χ0n) is 33.0. The lowest BCUT2D eigenvalue weighted by atomic mass is 10.1. The van der Waals surface area contributed by atoms with Crippen LogP contribution in [0.3, 0.4) is 0 Å². The van der Waals surface area contributed by atoms with Crippen LogP contribution in [0, 0.1) is 0 Å². The van der Waals surface area contributed by atoms with E-state index in [9.17, 15) is 9.59 Å². The predicted molar refractivity (Wildman–Crippen MR) is 214 cm³/mol. The average Bonchev–Trinajstić information content (AvgIpc) is 3.77. The van der Waals surface area contributed by atoms with Gasteiger partial charge in [-0.25, -0.2) is 0 Å². The second-order valence-electron chi connectivity index (χ2n) is 14.5. The molecule has 49 heavy (non-hydrogen) atoms. The summed E-state index contributed by atoms with van der Waals surface area (Å²) in [5, 5.41) is 0. The molecule has 2 aliphatic heterocycles. The zero-order chi connectivity index (χ0) is 35.7. The Bertz CT molecular complexity index is 742. The predicted octanol–water partition coefficient (Wildman–Crippen LogP) is 13.0. The van der Waals surface area contributed by atoms with E-state index in [0.29, 0.717) is 18.9 Å². The number of hydrogen-bond donors (Lipinski definition) is 1. The molecule has 2 heterocycles. The number of amides is 1. The molecule has 5 nitrogen and oxygen atoms in total. The Morgan fingerprint density at radius 3 is 1.27 bits per heavy atom. The normalized spacial score (nSPS) is 14.4. The minimum Gasteiger partial charge on any atom is -0.466 e. The fourth-order valence-corrected chi connectivity index (χ4v) is 6.36. The third kappa shape index (κ3) is 37.5. The molecule has 0 radical (unpaired) electrons. The summed E-state index contributed by atoms with van der Waals surface area (Å²) in [5.74, 6) is 0.331. The number of rotatable bonds is 31. The summed E-state index contributed by atoms with van der Waals surface area (Å²) in [5.41, 5.74) is 5.47. The van der Waals surface area contributed by atoms with Gasteiger partial charge >= 0.3 is 5.97 Å². The van der Waals surface area contributed by atoms with Crippen molar-refractivity contribution in [1.82, 2.24) is 4.90 Å². The van der Waals surface area contributed by atoms with Crippen LogP contribution < -0.4 is 5.73 Å². The lowest BCUT2D eigenvalue weighted by Crippen LogP contribution is -2.25. The molecule has 2 N–H and O–H groups in total. The highest BCUT2D eigenvalue weighted by Crippen LogP contribution is 2.14. The molecular weight excluding hydrogens is 604 g/mol. The number of nitrogens with two attached hydrogens (primary N) is 1. The van der Waals surface area contributed by atoms with Crippen molar-refractivity contribution in [3.05, 3.63) is 24.3 Å². The van der Waals surface area contributed by atoms with Gasteiger partial charge < -0.3 is 15.4 Å². The Balaban J connectivity index is 0.000000816. The van der Waals surface area contributed by atoms with Gasteiger partial charge in [-0.1, -0.05) is 154 Å². The van der Waals surface area contributed by atoms with Crippen molar-refractivity contribution in [3.63, 3.8) is 0 Å². The number of likely N-dealkylation sites (tertiary alicyclic amines) is 1. The van der Waals surface area contributed by atoms with Gasteiger partial charge in [-0.3, -0.25) is 9.59 Å². The number of ether oxygens (including phenoxy) is 1. The van der Waals surface area contributed by atoms with Crippen LogP contribution in [-0.4, -0.2) is 43.0 Å². The molecule has 0 saturated carbocycles. The molecule has 0 aromatic rings. The number of carbonyl (C=O) groups is 2. The first-order valence-electron chi connectivity index (χ1n) is 21.6. The van der Waals surface area contributed by atoms with Crippen LogP contribution in [0.1, 0.15) is 219 Å². The molecule has 0 aliphatic carbocycles. The van der Waals surface area contributed by atoms with E-state index in [4.69, 9.17) is 5.73 Å². The zero-order valence-corrected chi connectivity index (χ0v) is 33.0. The summed E-state index contributed by atoms with van der Waals surface area (Å²) in [6, 6.07) is 0. The Kier molecular flexibility index (Phi) is 39.5. The molecule has 0 spiro atoms. The van der Waals surface area contributed by atoms with E-state index < -0.39 is 0 Å².